The molecule has 30 heavy (non-hydrogen) atoms. The number of hydrogen-bond donors (Lipinski definition) is 0. The van der Waals surface area contributed by atoms with Crippen LogP contribution in [0.25, 0.3) is 0 Å². The van der Waals surface area contributed by atoms with Crippen molar-refractivity contribution >= 4 is 22.7 Å². The fourth-order valence-electron chi connectivity index (χ4n) is 3.76. The van der Waals surface area contributed by atoms with Crippen LogP contribution in [0, 0.1) is 26.0 Å². The highest BCUT2D eigenvalue weighted by Crippen LogP contribution is 2.26. The van der Waals surface area contributed by atoms with Gasteiger partial charge in [0.2, 0.25) is 0 Å². The Labute approximate surface area is 174 Å². The Balaban J connectivity index is 0.000000172. The van der Waals surface area contributed by atoms with Crippen molar-refractivity contribution in [3.8, 4) is 0 Å². The van der Waals surface area contributed by atoms with Crippen molar-refractivity contribution in [1.29, 1.82) is 0 Å². The van der Waals surface area contributed by atoms with E-state index in [9.17, 15) is 24.6 Å². The average molecular weight is 416 g/mol. The summed E-state index contributed by atoms with van der Waals surface area (Å²) in [6, 6.07) is 10.6. The molecule has 0 radical (unpaired) electrons. The Morgan fingerprint density at radius 3 is 1.73 bits per heavy atom. The topological polar surface area (TPSA) is 92.8 Å². The Kier molecular flexibility index (Phi) is 7.16. The van der Waals surface area contributed by atoms with Crippen LogP contribution < -0.4 is 9.80 Å². The first kappa shape index (κ1) is 21.5. The second-order valence-corrected chi connectivity index (χ2v) is 7.41. The number of rotatable bonds is 4. The monoisotopic (exact) mass is 416 g/mol. The lowest BCUT2D eigenvalue weighted by molar-refractivity contribution is -0.385. The van der Waals surface area contributed by atoms with Gasteiger partial charge in [-0.05, 0) is 50.3 Å². The van der Waals surface area contributed by atoms with E-state index in [1.807, 2.05) is 17.0 Å². The summed E-state index contributed by atoms with van der Waals surface area (Å²) in [4.78, 5) is 24.1. The van der Waals surface area contributed by atoms with E-state index >= 15 is 0 Å². The number of piperidine rings is 1. The molecule has 2 aliphatic rings. The number of benzene rings is 2. The summed E-state index contributed by atoms with van der Waals surface area (Å²) in [5, 5.41) is 20.9. The van der Waals surface area contributed by atoms with Gasteiger partial charge < -0.3 is 9.80 Å². The normalized spacial score (nSPS) is 16.0. The zero-order valence-electron chi connectivity index (χ0n) is 16.7. The molecule has 8 nitrogen and oxygen atoms in total. The lowest BCUT2D eigenvalue weighted by Gasteiger charge is -2.28. The number of halogens is 1. The molecule has 2 aromatic rings. The molecular formula is C21H25FN4O4. The van der Waals surface area contributed by atoms with Crippen LogP contribution in [0.3, 0.4) is 0 Å². The zero-order chi connectivity index (χ0) is 21.5. The SMILES string of the molecule is O=[N+]([O-])c1ccc(N2CCCC2)cc1.O=[N+]([O-])c1ccc(N2CCCCC2)c(F)c1. The molecule has 0 spiro atoms. The van der Waals surface area contributed by atoms with Gasteiger partial charge in [0.1, 0.15) is 0 Å². The van der Waals surface area contributed by atoms with E-state index in [2.05, 4.69) is 4.90 Å². The largest absolute Gasteiger partial charge is 0.372 e. The van der Waals surface area contributed by atoms with Crippen molar-refractivity contribution in [1.82, 2.24) is 0 Å². The van der Waals surface area contributed by atoms with Crippen molar-refractivity contribution in [2.24, 2.45) is 0 Å². The smallest absolute Gasteiger partial charge is 0.272 e. The quantitative estimate of drug-likeness (QED) is 0.519. The van der Waals surface area contributed by atoms with Gasteiger partial charge in [-0.2, -0.15) is 0 Å². The van der Waals surface area contributed by atoms with Crippen molar-refractivity contribution in [2.45, 2.75) is 32.1 Å². The van der Waals surface area contributed by atoms with Gasteiger partial charge in [-0.15, -0.1) is 0 Å². The van der Waals surface area contributed by atoms with Crippen LogP contribution in [-0.2, 0) is 0 Å². The van der Waals surface area contributed by atoms with Gasteiger partial charge in [0.15, 0.2) is 5.82 Å². The Morgan fingerprint density at radius 1 is 0.700 bits per heavy atom. The van der Waals surface area contributed by atoms with Crippen molar-refractivity contribution in [2.75, 3.05) is 36.0 Å². The molecule has 0 saturated carbocycles. The maximum absolute atomic E-state index is 13.6. The van der Waals surface area contributed by atoms with Gasteiger partial charge in [-0.1, -0.05) is 0 Å². The molecule has 0 amide bonds. The molecule has 0 bridgehead atoms. The van der Waals surface area contributed by atoms with Gasteiger partial charge in [0.25, 0.3) is 11.4 Å². The maximum Gasteiger partial charge on any atom is 0.272 e. The van der Waals surface area contributed by atoms with Crippen LogP contribution in [0.1, 0.15) is 32.1 Å². The first-order chi connectivity index (χ1) is 14.5. The highest BCUT2D eigenvalue weighted by molar-refractivity contribution is 5.53. The first-order valence-electron chi connectivity index (χ1n) is 10.1. The van der Waals surface area contributed by atoms with Crippen LogP contribution in [0.5, 0.6) is 0 Å². The van der Waals surface area contributed by atoms with Crippen molar-refractivity contribution < 1.29 is 14.2 Å². The van der Waals surface area contributed by atoms with Crippen LogP contribution in [0.15, 0.2) is 42.5 Å². The third kappa shape index (κ3) is 5.43. The van der Waals surface area contributed by atoms with E-state index in [0.29, 0.717) is 5.69 Å². The standard InChI is InChI=1S/C11H13FN2O2.C10H12N2O2/c12-10-8-9(14(15)16)4-5-11(10)13-6-2-1-3-7-13;13-12(14)10-5-3-9(4-6-10)11-7-1-2-8-11/h4-5,8H,1-3,6-7H2;3-6H,1-2,7-8H2. The summed E-state index contributed by atoms with van der Waals surface area (Å²) in [5.74, 6) is -0.504. The fraction of sp³-hybridized carbons (Fsp3) is 0.429. The molecule has 0 aliphatic carbocycles. The molecule has 0 N–H and O–H groups in total. The highest BCUT2D eigenvalue weighted by atomic mass is 19.1. The van der Waals surface area contributed by atoms with E-state index in [4.69, 9.17) is 0 Å². The van der Waals surface area contributed by atoms with E-state index in [-0.39, 0.29) is 16.3 Å². The van der Waals surface area contributed by atoms with Crippen LogP contribution in [-0.4, -0.2) is 36.0 Å². The predicted molar refractivity (Wildman–Crippen MR) is 114 cm³/mol. The van der Waals surface area contributed by atoms with Crippen LogP contribution in [0.4, 0.5) is 27.1 Å². The predicted octanol–water partition coefficient (Wildman–Crippen LogP) is 4.92. The number of non-ortho nitro benzene ring substituents is 2. The molecule has 0 atom stereocenters. The molecule has 2 aromatic carbocycles. The van der Waals surface area contributed by atoms with Crippen molar-refractivity contribution in [3.63, 3.8) is 0 Å². The van der Waals surface area contributed by atoms with E-state index in [1.54, 1.807) is 12.1 Å². The Morgan fingerprint density at radius 2 is 1.20 bits per heavy atom. The summed E-state index contributed by atoms with van der Waals surface area (Å²) < 4.78 is 13.6. The zero-order valence-corrected chi connectivity index (χ0v) is 16.7. The van der Waals surface area contributed by atoms with Gasteiger partial charge in [0.05, 0.1) is 21.6 Å². The molecule has 0 unspecified atom stereocenters. The lowest BCUT2D eigenvalue weighted by atomic mass is 10.1. The van der Waals surface area contributed by atoms with Gasteiger partial charge >= 0.3 is 0 Å². The first-order valence-corrected chi connectivity index (χ1v) is 10.1. The second-order valence-electron chi connectivity index (χ2n) is 7.41. The van der Waals surface area contributed by atoms with E-state index in [0.717, 1.165) is 50.8 Å². The molecular weight excluding hydrogens is 391 g/mol. The summed E-state index contributed by atoms with van der Waals surface area (Å²) in [7, 11) is 0. The van der Waals surface area contributed by atoms with E-state index in [1.165, 1.54) is 31.4 Å². The van der Waals surface area contributed by atoms with E-state index < -0.39 is 10.7 Å². The number of hydrogen-bond acceptors (Lipinski definition) is 6. The van der Waals surface area contributed by atoms with Gasteiger partial charge in [-0.25, -0.2) is 4.39 Å². The minimum Gasteiger partial charge on any atom is -0.372 e. The summed E-state index contributed by atoms with van der Waals surface area (Å²) in [6.45, 7) is 3.79. The highest BCUT2D eigenvalue weighted by Gasteiger charge is 2.17. The fourth-order valence-corrected chi connectivity index (χ4v) is 3.76. The minimum absolute atomic E-state index is 0.160. The molecule has 2 fully saturated rings. The van der Waals surface area contributed by atoms with Crippen LogP contribution in [0.2, 0.25) is 0 Å². The molecule has 160 valence electrons. The molecule has 4 rings (SSSR count). The number of anilines is 2. The molecule has 2 saturated heterocycles. The molecule has 9 heteroatoms. The molecule has 2 aliphatic heterocycles. The number of nitro benzene ring substituents is 2. The average Bonchev–Trinajstić information content (AvgIpc) is 3.30. The Bertz CT molecular complexity index is 879. The third-order valence-corrected chi connectivity index (χ3v) is 5.37. The minimum atomic E-state index is -0.580. The Hall–Kier alpha value is -3.23. The number of nitro groups is 2. The van der Waals surface area contributed by atoms with Gasteiger partial charge in [-0.3, -0.25) is 20.2 Å². The summed E-state index contributed by atoms with van der Waals surface area (Å²) in [6.07, 6.45) is 5.71. The number of nitrogens with zero attached hydrogens (tertiary/aromatic N) is 4. The molecule has 0 aromatic heterocycles. The third-order valence-electron chi connectivity index (χ3n) is 5.37. The summed E-state index contributed by atoms with van der Waals surface area (Å²) in [5.41, 5.74) is 1.53. The van der Waals surface area contributed by atoms with Crippen molar-refractivity contribution in [3.05, 3.63) is 68.5 Å². The summed E-state index contributed by atoms with van der Waals surface area (Å²) >= 11 is 0. The maximum atomic E-state index is 13.6. The lowest BCUT2D eigenvalue weighted by Crippen LogP contribution is -2.30. The second kappa shape index (κ2) is 10.00. The van der Waals surface area contributed by atoms with Crippen LogP contribution >= 0.6 is 0 Å². The molecule has 2 heterocycles. The van der Waals surface area contributed by atoms with Gasteiger partial charge in [0, 0.05) is 50.1 Å².